The lowest BCUT2D eigenvalue weighted by Gasteiger charge is -2.19. The number of nitrogens with zero attached hydrogens (tertiary/aromatic N) is 3. The molecule has 0 saturated heterocycles. The monoisotopic (exact) mass is 279 g/mol. The van der Waals surface area contributed by atoms with Gasteiger partial charge in [0.1, 0.15) is 11.8 Å². The standard InChI is InChI=1S/C16H13N3O2/c17-9-14-13(2-1-6-18-14)10-19-7-5-11-8-12(16(20)21)3-4-15(11)19/h1-4,6,8H,5,7,10H2,(H,20,21). The van der Waals surface area contributed by atoms with E-state index in [1.54, 1.807) is 18.3 Å². The zero-order valence-corrected chi connectivity index (χ0v) is 11.3. The Hall–Kier alpha value is -2.87. The van der Waals surface area contributed by atoms with Crippen LogP contribution in [-0.2, 0) is 13.0 Å². The summed E-state index contributed by atoms with van der Waals surface area (Å²) in [5.41, 5.74) is 3.71. The van der Waals surface area contributed by atoms with Crippen LogP contribution in [0.1, 0.15) is 27.2 Å². The van der Waals surface area contributed by atoms with Crippen molar-refractivity contribution in [3.05, 3.63) is 58.9 Å². The summed E-state index contributed by atoms with van der Waals surface area (Å²) in [5, 5.41) is 18.1. The van der Waals surface area contributed by atoms with Gasteiger partial charge < -0.3 is 10.0 Å². The summed E-state index contributed by atoms with van der Waals surface area (Å²) in [6.07, 6.45) is 2.43. The van der Waals surface area contributed by atoms with Crippen molar-refractivity contribution in [2.45, 2.75) is 13.0 Å². The molecule has 5 heteroatoms. The van der Waals surface area contributed by atoms with E-state index in [4.69, 9.17) is 10.4 Å². The van der Waals surface area contributed by atoms with Crippen LogP contribution in [-0.4, -0.2) is 22.6 Å². The van der Waals surface area contributed by atoms with Gasteiger partial charge in [-0.15, -0.1) is 0 Å². The number of carbonyl (C=O) groups is 1. The van der Waals surface area contributed by atoms with Gasteiger partial charge in [0, 0.05) is 30.5 Å². The van der Waals surface area contributed by atoms with Crippen molar-refractivity contribution < 1.29 is 9.90 Å². The Kier molecular flexibility index (Phi) is 3.28. The number of fused-ring (bicyclic) bond motifs is 1. The molecule has 0 atom stereocenters. The van der Waals surface area contributed by atoms with E-state index < -0.39 is 5.97 Å². The molecule has 0 radical (unpaired) electrons. The third-order valence-corrected chi connectivity index (χ3v) is 3.68. The fraction of sp³-hybridized carbons (Fsp3) is 0.188. The topological polar surface area (TPSA) is 77.2 Å². The predicted octanol–water partition coefficient (Wildman–Crippen LogP) is 2.21. The number of aromatic carboxylic acids is 1. The van der Waals surface area contributed by atoms with E-state index in [-0.39, 0.29) is 0 Å². The number of hydrogen-bond acceptors (Lipinski definition) is 4. The number of anilines is 1. The Morgan fingerprint density at radius 3 is 3.05 bits per heavy atom. The highest BCUT2D eigenvalue weighted by atomic mass is 16.4. The molecule has 5 nitrogen and oxygen atoms in total. The Morgan fingerprint density at radius 1 is 1.43 bits per heavy atom. The highest BCUT2D eigenvalue weighted by Crippen LogP contribution is 2.30. The molecule has 1 aliphatic rings. The minimum atomic E-state index is -0.907. The third kappa shape index (κ3) is 2.43. The van der Waals surface area contributed by atoms with Gasteiger partial charge in [-0.1, -0.05) is 6.07 Å². The summed E-state index contributed by atoms with van der Waals surface area (Å²) in [5.74, 6) is -0.907. The van der Waals surface area contributed by atoms with Crippen molar-refractivity contribution in [3.63, 3.8) is 0 Å². The molecular formula is C16H13N3O2. The molecule has 104 valence electrons. The highest BCUT2D eigenvalue weighted by Gasteiger charge is 2.21. The van der Waals surface area contributed by atoms with E-state index in [9.17, 15) is 4.79 Å². The zero-order valence-electron chi connectivity index (χ0n) is 11.3. The molecular weight excluding hydrogens is 266 g/mol. The average molecular weight is 279 g/mol. The molecule has 21 heavy (non-hydrogen) atoms. The largest absolute Gasteiger partial charge is 0.478 e. The molecule has 0 fully saturated rings. The van der Waals surface area contributed by atoms with Crippen LogP contribution >= 0.6 is 0 Å². The maximum absolute atomic E-state index is 11.0. The lowest BCUT2D eigenvalue weighted by Crippen LogP contribution is -2.20. The molecule has 0 saturated carbocycles. The fourth-order valence-electron chi connectivity index (χ4n) is 2.64. The third-order valence-electron chi connectivity index (χ3n) is 3.68. The summed E-state index contributed by atoms with van der Waals surface area (Å²) in [7, 11) is 0. The first-order chi connectivity index (χ1) is 10.2. The van der Waals surface area contributed by atoms with Crippen LogP contribution < -0.4 is 4.90 Å². The Morgan fingerprint density at radius 2 is 2.29 bits per heavy atom. The predicted molar refractivity (Wildman–Crippen MR) is 77.1 cm³/mol. The SMILES string of the molecule is N#Cc1ncccc1CN1CCc2cc(C(=O)O)ccc21. The van der Waals surface area contributed by atoms with Crippen molar-refractivity contribution >= 4 is 11.7 Å². The van der Waals surface area contributed by atoms with Crippen LogP contribution in [0.25, 0.3) is 0 Å². The average Bonchev–Trinajstić information content (AvgIpc) is 2.90. The summed E-state index contributed by atoms with van der Waals surface area (Å²) < 4.78 is 0. The van der Waals surface area contributed by atoms with Crippen LogP contribution in [0.2, 0.25) is 0 Å². The Balaban J connectivity index is 1.88. The highest BCUT2D eigenvalue weighted by molar-refractivity contribution is 5.88. The number of benzene rings is 1. The quantitative estimate of drug-likeness (QED) is 0.932. The van der Waals surface area contributed by atoms with E-state index in [1.807, 2.05) is 18.2 Å². The number of hydrogen-bond donors (Lipinski definition) is 1. The Bertz CT molecular complexity index is 749. The van der Waals surface area contributed by atoms with Gasteiger partial charge in [-0.3, -0.25) is 0 Å². The number of pyridine rings is 1. The van der Waals surface area contributed by atoms with E-state index >= 15 is 0 Å². The van der Waals surface area contributed by atoms with Gasteiger partial charge in [0.15, 0.2) is 0 Å². The minimum absolute atomic E-state index is 0.315. The molecule has 1 aliphatic heterocycles. The van der Waals surface area contributed by atoms with Gasteiger partial charge in [-0.05, 0) is 36.2 Å². The molecule has 1 aromatic carbocycles. The molecule has 3 rings (SSSR count). The first-order valence-electron chi connectivity index (χ1n) is 6.64. The molecule has 0 spiro atoms. The van der Waals surface area contributed by atoms with Gasteiger partial charge in [-0.2, -0.15) is 5.26 Å². The van der Waals surface area contributed by atoms with Gasteiger partial charge in [-0.25, -0.2) is 9.78 Å². The summed E-state index contributed by atoms with van der Waals surface area (Å²) >= 11 is 0. The minimum Gasteiger partial charge on any atom is -0.478 e. The van der Waals surface area contributed by atoms with Crippen LogP contribution in [0.5, 0.6) is 0 Å². The zero-order chi connectivity index (χ0) is 14.8. The maximum atomic E-state index is 11.0. The van der Waals surface area contributed by atoms with E-state index in [0.717, 1.165) is 29.8 Å². The molecule has 2 heterocycles. The van der Waals surface area contributed by atoms with E-state index in [1.165, 1.54) is 0 Å². The number of carboxylic acid groups (broad SMARTS) is 1. The first-order valence-corrected chi connectivity index (χ1v) is 6.64. The summed E-state index contributed by atoms with van der Waals surface area (Å²) in [4.78, 5) is 17.2. The smallest absolute Gasteiger partial charge is 0.335 e. The molecule has 0 aliphatic carbocycles. The lowest BCUT2D eigenvalue weighted by atomic mass is 10.1. The van der Waals surface area contributed by atoms with Gasteiger partial charge in [0.05, 0.1) is 5.56 Å². The maximum Gasteiger partial charge on any atom is 0.335 e. The first kappa shape index (κ1) is 13.1. The van der Waals surface area contributed by atoms with Crippen LogP contribution in [0, 0.1) is 11.3 Å². The lowest BCUT2D eigenvalue weighted by molar-refractivity contribution is 0.0697. The number of rotatable bonds is 3. The molecule has 2 aromatic rings. The number of carboxylic acids is 1. The number of aromatic nitrogens is 1. The normalized spacial score (nSPS) is 12.8. The number of nitriles is 1. The Labute approximate surface area is 122 Å². The van der Waals surface area contributed by atoms with Crippen molar-refractivity contribution in [3.8, 4) is 6.07 Å². The van der Waals surface area contributed by atoms with Gasteiger partial charge >= 0.3 is 5.97 Å². The van der Waals surface area contributed by atoms with Crippen LogP contribution in [0.3, 0.4) is 0 Å². The molecule has 0 amide bonds. The van der Waals surface area contributed by atoms with Crippen molar-refractivity contribution in [1.29, 1.82) is 5.26 Å². The van der Waals surface area contributed by atoms with Crippen molar-refractivity contribution in [2.24, 2.45) is 0 Å². The van der Waals surface area contributed by atoms with E-state index in [2.05, 4.69) is 16.0 Å². The van der Waals surface area contributed by atoms with Gasteiger partial charge in [0.2, 0.25) is 0 Å². The molecule has 0 bridgehead atoms. The molecule has 1 aromatic heterocycles. The second-order valence-corrected chi connectivity index (χ2v) is 4.94. The molecule has 0 unspecified atom stereocenters. The second-order valence-electron chi connectivity index (χ2n) is 4.94. The summed E-state index contributed by atoms with van der Waals surface area (Å²) in [6, 6.07) is 11.0. The van der Waals surface area contributed by atoms with Crippen molar-refractivity contribution in [2.75, 3.05) is 11.4 Å². The summed E-state index contributed by atoms with van der Waals surface area (Å²) in [6.45, 7) is 1.42. The molecule has 1 N–H and O–H groups in total. The van der Waals surface area contributed by atoms with E-state index in [0.29, 0.717) is 17.8 Å². The van der Waals surface area contributed by atoms with Crippen LogP contribution in [0.15, 0.2) is 36.5 Å². The second kappa shape index (κ2) is 5.25. The van der Waals surface area contributed by atoms with Gasteiger partial charge in [0.25, 0.3) is 0 Å². The van der Waals surface area contributed by atoms with Crippen LogP contribution in [0.4, 0.5) is 5.69 Å². The fourth-order valence-corrected chi connectivity index (χ4v) is 2.64. The van der Waals surface area contributed by atoms with Crippen molar-refractivity contribution in [1.82, 2.24) is 4.98 Å².